The van der Waals surface area contributed by atoms with Gasteiger partial charge in [-0.05, 0) is 30.7 Å². The first-order valence-electron chi connectivity index (χ1n) is 9.38. The van der Waals surface area contributed by atoms with E-state index in [1.807, 2.05) is 24.6 Å². The highest BCUT2D eigenvalue weighted by molar-refractivity contribution is 14.0. The van der Waals surface area contributed by atoms with Gasteiger partial charge in [-0.3, -0.25) is 0 Å². The van der Waals surface area contributed by atoms with Gasteiger partial charge in [-0.1, -0.05) is 25.1 Å². The molecule has 0 aliphatic rings. The molecule has 0 aliphatic heterocycles. The molecule has 158 valence electrons. The largest absolute Gasteiger partial charge is 0.359 e. The molecule has 0 aromatic carbocycles. The Labute approximate surface area is 192 Å². The quantitative estimate of drug-likeness (QED) is 0.264. The molecular weight excluding hydrogens is 501 g/mol. The SMILES string of the molecule is Cc1nnc(CN=C(NCCc2cccs2)NCc2cc(C(C)C)no2)n1C.I. The van der Waals surface area contributed by atoms with Crippen LogP contribution in [0.2, 0.25) is 0 Å². The van der Waals surface area contributed by atoms with Gasteiger partial charge in [-0.15, -0.1) is 45.5 Å². The van der Waals surface area contributed by atoms with Crippen LogP contribution in [0.4, 0.5) is 0 Å². The first kappa shape index (κ1) is 23.3. The van der Waals surface area contributed by atoms with Crippen LogP contribution in [0.1, 0.15) is 47.7 Å². The van der Waals surface area contributed by atoms with Crippen LogP contribution in [0, 0.1) is 6.92 Å². The summed E-state index contributed by atoms with van der Waals surface area (Å²) in [6, 6.07) is 6.19. The van der Waals surface area contributed by atoms with Gasteiger partial charge in [0.2, 0.25) is 0 Å². The maximum atomic E-state index is 5.40. The Morgan fingerprint density at radius 1 is 1.31 bits per heavy atom. The zero-order valence-corrected chi connectivity index (χ0v) is 20.3. The summed E-state index contributed by atoms with van der Waals surface area (Å²) in [5, 5.41) is 21.1. The zero-order chi connectivity index (χ0) is 19.9. The smallest absolute Gasteiger partial charge is 0.192 e. The van der Waals surface area contributed by atoms with Crippen molar-refractivity contribution >= 4 is 41.3 Å². The van der Waals surface area contributed by atoms with E-state index in [0.29, 0.717) is 25.0 Å². The molecule has 3 rings (SSSR count). The molecule has 3 aromatic rings. The van der Waals surface area contributed by atoms with Gasteiger partial charge < -0.3 is 19.7 Å². The summed E-state index contributed by atoms with van der Waals surface area (Å²) in [6.45, 7) is 7.86. The Kier molecular flexibility index (Phi) is 9.08. The van der Waals surface area contributed by atoms with Crippen LogP contribution in [0.25, 0.3) is 0 Å². The first-order valence-corrected chi connectivity index (χ1v) is 10.3. The molecule has 0 spiro atoms. The summed E-state index contributed by atoms with van der Waals surface area (Å²) in [7, 11) is 1.94. The summed E-state index contributed by atoms with van der Waals surface area (Å²) in [4.78, 5) is 6.00. The number of aliphatic imine (C=N–C) groups is 1. The topological polar surface area (TPSA) is 93.2 Å². The molecule has 3 aromatic heterocycles. The van der Waals surface area contributed by atoms with Crippen LogP contribution < -0.4 is 10.6 Å². The second kappa shape index (κ2) is 11.3. The van der Waals surface area contributed by atoms with Gasteiger partial charge in [0, 0.05) is 24.5 Å². The molecular formula is C19H28IN7OS. The summed E-state index contributed by atoms with van der Waals surface area (Å²) in [5.74, 6) is 3.52. The molecule has 2 N–H and O–H groups in total. The number of rotatable bonds is 8. The van der Waals surface area contributed by atoms with Gasteiger partial charge in [0.25, 0.3) is 0 Å². The van der Waals surface area contributed by atoms with E-state index in [4.69, 9.17) is 4.52 Å². The van der Waals surface area contributed by atoms with Crippen LogP contribution in [-0.2, 0) is 26.6 Å². The highest BCUT2D eigenvalue weighted by Gasteiger charge is 2.09. The van der Waals surface area contributed by atoms with Crippen LogP contribution in [-0.4, -0.2) is 32.4 Å². The van der Waals surface area contributed by atoms with Crippen LogP contribution in [0.5, 0.6) is 0 Å². The van der Waals surface area contributed by atoms with E-state index in [1.54, 1.807) is 11.3 Å². The fourth-order valence-electron chi connectivity index (χ4n) is 2.53. The van der Waals surface area contributed by atoms with Gasteiger partial charge in [-0.2, -0.15) is 0 Å². The van der Waals surface area contributed by atoms with Gasteiger partial charge >= 0.3 is 0 Å². The van der Waals surface area contributed by atoms with Crippen molar-refractivity contribution in [1.29, 1.82) is 0 Å². The van der Waals surface area contributed by atoms with E-state index in [9.17, 15) is 0 Å². The second-order valence-corrected chi connectivity index (χ2v) is 7.90. The summed E-state index contributed by atoms with van der Waals surface area (Å²) in [6.07, 6.45) is 0.946. The van der Waals surface area contributed by atoms with Crippen molar-refractivity contribution in [3.05, 3.63) is 51.6 Å². The minimum Gasteiger partial charge on any atom is -0.359 e. The predicted molar refractivity (Wildman–Crippen MR) is 126 cm³/mol. The average molecular weight is 529 g/mol. The molecule has 8 nitrogen and oxygen atoms in total. The Morgan fingerprint density at radius 3 is 2.76 bits per heavy atom. The van der Waals surface area contributed by atoms with Crippen molar-refractivity contribution in [2.75, 3.05) is 6.54 Å². The third-order valence-electron chi connectivity index (χ3n) is 4.40. The van der Waals surface area contributed by atoms with Crippen molar-refractivity contribution in [3.63, 3.8) is 0 Å². The van der Waals surface area contributed by atoms with E-state index in [2.05, 4.69) is 62.3 Å². The molecule has 0 saturated carbocycles. The molecule has 0 aliphatic carbocycles. The Morgan fingerprint density at radius 2 is 2.14 bits per heavy atom. The lowest BCUT2D eigenvalue weighted by Crippen LogP contribution is -2.38. The van der Waals surface area contributed by atoms with Gasteiger partial charge in [0.15, 0.2) is 17.5 Å². The van der Waals surface area contributed by atoms with Gasteiger partial charge in [0.05, 0.1) is 12.2 Å². The predicted octanol–water partition coefficient (Wildman–Crippen LogP) is 3.39. The number of guanidine groups is 1. The monoisotopic (exact) mass is 529 g/mol. The van der Waals surface area contributed by atoms with E-state index >= 15 is 0 Å². The highest BCUT2D eigenvalue weighted by atomic mass is 127. The molecule has 0 atom stereocenters. The Bertz CT molecular complexity index is 902. The number of aryl methyl sites for hydroxylation is 1. The highest BCUT2D eigenvalue weighted by Crippen LogP contribution is 2.13. The van der Waals surface area contributed by atoms with E-state index in [0.717, 1.165) is 36.1 Å². The first-order chi connectivity index (χ1) is 13.5. The summed E-state index contributed by atoms with van der Waals surface area (Å²) >= 11 is 1.76. The fourth-order valence-corrected chi connectivity index (χ4v) is 3.24. The van der Waals surface area contributed by atoms with Crippen molar-refractivity contribution in [2.24, 2.45) is 12.0 Å². The Hall–Kier alpha value is -1.95. The van der Waals surface area contributed by atoms with E-state index < -0.39 is 0 Å². The minimum atomic E-state index is 0. The summed E-state index contributed by atoms with van der Waals surface area (Å²) < 4.78 is 7.35. The molecule has 10 heteroatoms. The Balaban J connectivity index is 0.00000300. The van der Waals surface area contributed by atoms with Gasteiger partial charge in [0.1, 0.15) is 12.4 Å². The molecule has 0 saturated heterocycles. The zero-order valence-electron chi connectivity index (χ0n) is 17.2. The molecule has 29 heavy (non-hydrogen) atoms. The number of hydrogen-bond acceptors (Lipinski definition) is 6. The molecule has 0 radical (unpaired) electrons. The summed E-state index contributed by atoms with van der Waals surface area (Å²) in [5.41, 5.74) is 0.954. The molecule has 0 bridgehead atoms. The lowest BCUT2D eigenvalue weighted by molar-refractivity contribution is 0.372. The minimum absolute atomic E-state index is 0. The number of nitrogens with one attached hydrogen (secondary N) is 2. The lowest BCUT2D eigenvalue weighted by atomic mass is 10.1. The number of thiophene rings is 1. The third-order valence-corrected chi connectivity index (χ3v) is 5.34. The van der Waals surface area contributed by atoms with E-state index in [-0.39, 0.29) is 24.0 Å². The van der Waals surface area contributed by atoms with Crippen molar-refractivity contribution in [3.8, 4) is 0 Å². The van der Waals surface area contributed by atoms with Crippen LogP contribution in [0.3, 0.4) is 0 Å². The molecule has 0 unspecified atom stereocenters. The number of nitrogens with zero attached hydrogens (tertiary/aromatic N) is 5. The number of aromatic nitrogens is 4. The maximum absolute atomic E-state index is 5.40. The molecule has 0 amide bonds. The normalized spacial score (nSPS) is 11.6. The van der Waals surface area contributed by atoms with Gasteiger partial charge in [-0.25, -0.2) is 4.99 Å². The molecule has 3 heterocycles. The average Bonchev–Trinajstić information content (AvgIpc) is 3.41. The van der Waals surface area contributed by atoms with Crippen LogP contribution >= 0.6 is 35.3 Å². The van der Waals surface area contributed by atoms with Crippen molar-refractivity contribution in [2.45, 2.75) is 46.2 Å². The molecule has 0 fully saturated rings. The maximum Gasteiger partial charge on any atom is 0.192 e. The van der Waals surface area contributed by atoms with E-state index in [1.165, 1.54) is 4.88 Å². The number of hydrogen-bond donors (Lipinski definition) is 2. The van der Waals surface area contributed by atoms with Crippen molar-refractivity contribution < 1.29 is 4.52 Å². The lowest BCUT2D eigenvalue weighted by Gasteiger charge is -2.11. The number of halogens is 1. The van der Waals surface area contributed by atoms with Crippen molar-refractivity contribution in [1.82, 2.24) is 30.6 Å². The van der Waals surface area contributed by atoms with Crippen LogP contribution in [0.15, 0.2) is 33.1 Å². The fraction of sp³-hybridized carbons (Fsp3) is 0.474. The third kappa shape index (κ3) is 6.81. The second-order valence-electron chi connectivity index (χ2n) is 6.87. The standard InChI is InChI=1S/C19H27N7OS.HI/c1-13(2)17-10-15(27-25-17)11-21-19(20-8-7-16-6-5-9-28-16)22-12-18-24-23-14(3)26(18)4;/h5-6,9-10,13H,7-8,11-12H2,1-4H3,(H2,20,21,22);1H.